The van der Waals surface area contributed by atoms with Gasteiger partial charge in [0.2, 0.25) is 0 Å². The Morgan fingerprint density at radius 1 is 0.800 bits per heavy atom. The van der Waals surface area contributed by atoms with Crippen molar-refractivity contribution in [2.45, 2.75) is 11.8 Å². The molecule has 20 heavy (non-hydrogen) atoms. The summed E-state index contributed by atoms with van der Waals surface area (Å²) in [6.45, 7) is 0. The second-order valence-corrected chi connectivity index (χ2v) is 5.39. The van der Waals surface area contributed by atoms with E-state index in [-0.39, 0.29) is 5.41 Å². The van der Waals surface area contributed by atoms with Crippen LogP contribution < -0.4 is 0 Å². The van der Waals surface area contributed by atoms with Crippen LogP contribution in [0.5, 0.6) is 0 Å². The van der Waals surface area contributed by atoms with Gasteiger partial charge in [0.05, 0.1) is 5.41 Å². The van der Waals surface area contributed by atoms with Crippen LogP contribution in [0, 0.1) is 0 Å². The van der Waals surface area contributed by atoms with Gasteiger partial charge in [-0.2, -0.15) is 0 Å². The highest BCUT2D eigenvalue weighted by molar-refractivity contribution is 5.74. The summed E-state index contributed by atoms with van der Waals surface area (Å²) in [6, 6.07) is 19.5. The Morgan fingerprint density at radius 3 is 2.40 bits per heavy atom. The van der Waals surface area contributed by atoms with E-state index < -0.39 is 0 Å². The first-order chi connectivity index (χ1) is 9.91. The van der Waals surface area contributed by atoms with Crippen molar-refractivity contribution >= 4 is 6.08 Å². The zero-order valence-corrected chi connectivity index (χ0v) is 11.3. The third kappa shape index (κ3) is 1.48. The molecule has 2 aromatic carbocycles. The van der Waals surface area contributed by atoms with Crippen molar-refractivity contribution in [2.75, 3.05) is 0 Å². The Balaban J connectivity index is 2.02. The highest BCUT2D eigenvalue weighted by Gasteiger charge is 2.39. The predicted molar refractivity (Wildman–Crippen MR) is 84.5 cm³/mol. The molecule has 0 radical (unpaired) electrons. The lowest BCUT2D eigenvalue weighted by Gasteiger charge is -2.31. The van der Waals surface area contributed by atoms with Gasteiger partial charge in [-0.25, -0.2) is 0 Å². The smallest absolute Gasteiger partial charge is 0.0638 e. The average Bonchev–Trinajstić information content (AvgIpc) is 3.16. The maximum Gasteiger partial charge on any atom is 0.0638 e. The van der Waals surface area contributed by atoms with Gasteiger partial charge in [-0.3, -0.25) is 0 Å². The normalized spacial score (nSPS) is 22.9. The van der Waals surface area contributed by atoms with E-state index in [0.717, 1.165) is 6.42 Å². The maximum absolute atomic E-state index is 2.36. The fraction of sp³-hybridized carbons (Fsp3) is 0.100. The number of hydrogen-bond donors (Lipinski definition) is 0. The summed E-state index contributed by atoms with van der Waals surface area (Å²) in [4.78, 5) is 0. The van der Waals surface area contributed by atoms with Crippen LogP contribution in [0.4, 0.5) is 0 Å². The molecular formula is C20H16. The average molecular weight is 256 g/mol. The largest absolute Gasteiger partial charge is 0.0804 e. The highest BCUT2D eigenvalue weighted by atomic mass is 14.4. The van der Waals surface area contributed by atoms with E-state index in [1.807, 2.05) is 0 Å². The molecule has 0 heteroatoms. The van der Waals surface area contributed by atoms with Gasteiger partial charge in [-0.15, -0.1) is 0 Å². The Bertz CT molecular complexity index is 732. The highest BCUT2D eigenvalue weighted by Crippen LogP contribution is 2.48. The molecule has 0 heterocycles. The first-order valence-electron chi connectivity index (χ1n) is 7.13. The van der Waals surface area contributed by atoms with E-state index in [4.69, 9.17) is 0 Å². The summed E-state index contributed by atoms with van der Waals surface area (Å²) in [5, 5.41) is 0. The molecule has 0 amide bonds. The molecule has 96 valence electrons. The van der Waals surface area contributed by atoms with Crippen molar-refractivity contribution in [1.82, 2.24) is 0 Å². The molecule has 0 fully saturated rings. The standard InChI is InChI=1S/C20H16/c1-2-9-17(10-3-1)20(18-11-5-6-12-18)15-14-16-8-4-7-13-19(16)20/h1-5,7-15H,6H2. The molecule has 0 nitrogen and oxygen atoms in total. The van der Waals surface area contributed by atoms with Gasteiger partial charge < -0.3 is 0 Å². The van der Waals surface area contributed by atoms with Crippen molar-refractivity contribution in [3.05, 3.63) is 101 Å². The minimum absolute atomic E-state index is 0.106. The lowest BCUT2D eigenvalue weighted by Crippen LogP contribution is -2.25. The fourth-order valence-electron chi connectivity index (χ4n) is 3.43. The number of hydrogen-bond acceptors (Lipinski definition) is 0. The molecule has 1 unspecified atom stereocenters. The van der Waals surface area contributed by atoms with Crippen LogP contribution in [0.2, 0.25) is 0 Å². The number of allylic oxidation sites excluding steroid dienone is 5. The molecule has 0 bridgehead atoms. The lowest BCUT2D eigenvalue weighted by molar-refractivity contribution is 0.794. The zero-order chi connectivity index (χ0) is 13.4. The Kier molecular flexibility index (Phi) is 2.50. The predicted octanol–water partition coefficient (Wildman–Crippen LogP) is 4.89. The molecule has 0 aliphatic heterocycles. The zero-order valence-electron chi connectivity index (χ0n) is 11.3. The first kappa shape index (κ1) is 11.5. The molecular weight excluding hydrogens is 240 g/mol. The molecule has 0 aromatic heterocycles. The van der Waals surface area contributed by atoms with Crippen molar-refractivity contribution in [1.29, 1.82) is 0 Å². The number of benzene rings is 2. The lowest BCUT2D eigenvalue weighted by atomic mass is 9.71. The Morgan fingerprint density at radius 2 is 1.60 bits per heavy atom. The van der Waals surface area contributed by atoms with Crippen LogP contribution >= 0.6 is 0 Å². The molecule has 2 aliphatic carbocycles. The Labute approximate surface area is 119 Å². The first-order valence-corrected chi connectivity index (χ1v) is 7.13. The second-order valence-electron chi connectivity index (χ2n) is 5.39. The van der Waals surface area contributed by atoms with Gasteiger partial charge in [0, 0.05) is 0 Å². The van der Waals surface area contributed by atoms with Gasteiger partial charge in [-0.1, -0.05) is 85.0 Å². The van der Waals surface area contributed by atoms with Gasteiger partial charge in [0.1, 0.15) is 0 Å². The summed E-state index contributed by atoms with van der Waals surface area (Å²) in [7, 11) is 0. The van der Waals surface area contributed by atoms with E-state index in [1.54, 1.807) is 0 Å². The molecule has 0 N–H and O–H groups in total. The molecule has 2 aromatic rings. The molecule has 0 spiro atoms. The van der Waals surface area contributed by atoms with E-state index >= 15 is 0 Å². The third-order valence-corrected chi connectivity index (χ3v) is 4.35. The van der Waals surface area contributed by atoms with Gasteiger partial charge in [0.25, 0.3) is 0 Å². The van der Waals surface area contributed by atoms with Crippen LogP contribution in [0.1, 0.15) is 23.1 Å². The van der Waals surface area contributed by atoms with Crippen LogP contribution in [0.25, 0.3) is 6.08 Å². The number of fused-ring (bicyclic) bond motifs is 1. The Hall–Kier alpha value is -2.34. The van der Waals surface area contributed by atoms with Gasteiger partial charge in [0.15, 0.2) is 0 Å². The van der Waals surface area contributed by atoms with Crippen LogP contribution in [-0.2, 0) is 5.41 Å². The van der Waals surface area contributed by atoms with Crippen molar-refractivity contribution in [2.24, 2.45) is 0 Å². The van der Waals surface area contributed by atoms with Crippen molar-refractivity contribution < 1.29 is 0 Å². The topological polar surface area (TPSA) is 0 Å². The summed E-state index contributed by atoms with van der Waals surface area (Å²) in [5.74, 6) is 0. The fourth-order valence-corrected chi connectivity index (χ4v) is 3.43. The minimum Gasteiger partial charge on any atom is -0.0804 e. The third-order valence-electron chi connectivity index (χ3n) is 4.35. The van der Waals surface area contributed by atoms with Crippen LogP contribution in [0.3, 0.4) is 0 Å². The van der Waals surface area contributed by atoms with E-state index in [2.05, 4.69) is 85.0 Å². The molecule has 0 saturated heterocycles. The second kappa shape index (κ2) is 4.35. The SMILES string of the molecule is C1=CC(C2(c3ccccc3)C=Cc3ccccc32)=CC1. The van der Waals surface area contributed by atoms with Crippen LogP contribution in [0.15, 0.2) is 84.5 Å². The van der Waals surface area contributed by atoms with Crippen LogP contribution in [-0.4, -0.2) is 0 Å². The van der Waals surface area contributed by atoms with E-state index in [9.17, 15) is 0 Å². The summed E-state index contributed by atoms with van der Waals surface area (Å²) >= 11 is 0. The molecule has 1 atom stereocenters. The number of rotatable bonds is 2. The minimum atomic E-state index is -0.106. The monoisotopic (exact) mass is 256 g/mol. The molecule has 0 saturated carbocycles. The van der Waals surface area contributed by atoms with Crippen molar-refractivity contribution in [3.63, 3.8) is 0 Å². The molecule has 4 rings (SSSR count). The summed E-state index contributed by atoms with van der Waals surface area (Å²) in [5.41, 5.74) is 5.36. The molecule has 2 aliphatic rings. The van der Waals surface area contributed by atoms with E-state index in [1.165, 1.54) is 22.3 Å². The van der Waals surface area contributed by atoms with Gasteiger partial charge >= 0.3 is 0 Å². The maximum atomic E-state index is 2.36. The van der Waals surface area contributed by atoms with Gasteiger partial charge in [-0.05, 0) is 28.7 Å². The summed E-state index contributed by atoms with van der Waals surface area (Å²) in [6.07, 6.45) is 12.5. The van der Waals surface area contributed by atoms with E-state index in [0.29, 0.717) is 0 Å². The van der Waals surface area contributed by atoms with Crippen molar-refractivity contribution in [3.8, 4) is 0 Å². The summed E-state index contributed by atoms with van der Waals surface area (Å²) < 4.78 is 0. The quantitative estimate of drug-likeness (QED) is 0.718.